The van der Waals surface area contributed by atoms with E-state index < -0.39 is 0 Å². The minimum atomic E-state index is 0.670. The van der Waals surface area contributed by atoms with Crippen LogP contribution in [0.4, 0.5) is 0 Å². The lowest BCUT2D eigenvalue weighted by molar-refractivity contribution is 0.669. The van der Waals surface area contributed by atoms with Gasteiger partial charge in [-0.1, -0.05) is 115 Å². The Bertz CT molecular complexity index is 2380. The second kappa shape index (κ2) is 9.79. The van der Waals surface area contributed by atoms with E-state index in [1.807, 2.05) is 48.5 Å². The van der Waals surface area contributed by atoms with Crippen molar-refractivity contribution in [1.29, 1.82) is 0 Å². The van der Waals surface area contributed by atoms with Crippen molar-refractivity contribution >= 4 is 43.7 Å². The van der Waals surface area contributed by atoms with Crippen LogP contribution >= 0.6 is 0 Å². The van der Waals surface area contributed by atoms with Gasteiger partial charge in [0.05, 0.1) is 33.7 Å². The first kappa shape index (κ1) is 24.6. The van der Waals surface area contributed by atoms with Crippen molar-refractivity contribution in [2.75, 3.05) is 0 Å². The first-order valence-corrected chi connectivity index (χ1v) is 14.8. The average molecular weight is 564 g/mol. The Balaban J connectivity index is 1.44. The monoisotopic (exact) mass is 563 g/mol. The van der Waals surface area contributed by atoms with Gasteiger partial charge < -0.3 is 8.98 Å². The molecular formula is C40H25N3O. The molecule has 0 aliphatic rings. The van der Waals surface area contributed by atoms with Gasteiger partial charge in [0, 0.05) is 32.7 Å². The van der Waals surface area contributed by atoms with Crippen LogP contribution in [-0.2, 0) is 0 Å². The molecule has 0 spiro atoms. The molecule has 0 N–H and O–H groups in total. The molecule has 0 aliphatic carbocycles. The molecule has 6 aromatic carbocycles. The van der Waals surface area contributed by atoms with Crippen LogP contribution in [0.2, 0.25) is 0 Å². The zero-order valence-corrected chi connectivity index (χ0v) is 23.7. The minimum absolute atomic E-state index is 0.670. The van der Waals surface area contributed by atoms with Crippen molar-refractivity contribution in [3.05, 3.63) is 152 Å². The van der Waals surface area contributed by atoms with Gasteiger partial charge in [0.15, 0.2) is 5.82 Å². The summed E-state index contributed by atoms with van der Waals surface area (Å²) < 4.78 is 9.06. The molecule has 0 atom stereocenters. The number of aromatic nitrogens is 3. The Kier molecular flexibility index (Phi) is 5.47. The van der Waals surface area contributed by atoms with Crippen LogP contribution in [0.15, 0.2) is 156 Å². The maximum absolute atomic E-state index is 6.72. The van der Waals surface area contributed by atoms with Gasteiger partial charge >= 0.3 is 0 Å². The quantitative estimate of drug-likeness (QED) is 0.214. The fraction of sp³-hybridized carbons (Fsp3) is 0. The number of benzene rings is 6. The number of hydrogen-bond donors (Lipinski definition) is 0. The summed E-state index contributed by atoms with van der Waals surface area (Å²) >= 11 is 0. The molecule has 9 aromatic rings. The zero-order valence-electron chi connectivity index (χ0n) is 23.7. The SMILES string of the molecule is c1ccc(-c2cc(-c3c(-n4c5ccccc5c5ccccc54)ccc4c3oc3ccccc34)nc(-c3ccccc3)n2)cc1. The molecule has 3 aromatic heterocycles. The smallest absolute Gasteiger partial charge is 0.160 e. The highest BCUT2D eigenvalue weighted by molar-refractivity contribution is 6.14. The highest BCUT2D eigenvalue weighted by Crippen LogP contribution is 2.43. The van der Waals surface area contributed by atoms with Crippen molar-refractivity contribution in [2.24, 2.45) is 0 Å². The molecule has 4 heteroatoms. The molecule has 0 saturated heterocycles. The van der Waals surface area contributed by atoms with Crippen LogP contribution < -0.4 is 0 Å². The van der Waals surface area contributed by atoms with E-state index in [-0.39, 0.29) is 0 Å². The topological polar surface area (TPSA) is 43.9 Å². The molecule has 4 nitrogen and oxygen atoms in total. The minimum Gasteiger partial charge on any atom is -0.455 e. The molecule has 0 radical (unpaired) electrons. The van der Waals surface area contributed by atoms with Gasteiger partial charge in [0.25, 0.3) is 0 Å². The van der Waals surface area contributed by atoms with E-state index in [2.05, 4.69) is 108 Å². The van der Waals surface area contributed by atoms with E-state index in [9.17, 15) is 0 Å². The van der Waals surface area contributed by atoms with Crippen molar-refractivity contribution in [3.8, 4) is 39.6 Å². The lowest BCUT2D eigenvalue weighted by Gasteiger charge is -2.16. The van der Waals surface area contributed by atoms with Crippen LogP contribution in [0.3, 0.4) is 0 Å². The molecule has 0 bridgehead atoms. The Hall–Kier alpha value is -6.00. The molecule has 3 heterocycles. The number of rotatable bonds is 4. The second-order valence-corrected chi connectivity index (χ2v) is 11.0. The maximum Gasteiger partial charge on any atom is 0.160 e. The van der Waals surface area contributed by atoms with E-state index in [0.717, 1.165) is 66.7 Å². The van der Waals surface area contributed by atoms with Crippen LogP contribution in [0.25, 0.3) is 83.3 Å². The van der Waals surface area contributed by atoms with Crippen molar-refractivity contribution in [3.63, 3.8) is 0 Å². The highest BCUT2D eigenvalue weighted by Gasteiger charge is 2.23. The Labute approximate surface area is 253 Å². The summed E-state index contributed by atoms with van der Waals surface area (Å²) in [6, 6.07) is 52.4. The van der Waals surface area contributed by atoms with Crippen LogP contribution in [0.5, 0.6) is 0 Å². The third-order valence-corrected chi connectivity index (χ3v) is 8.43. The number of para-hydroxylation sites is 3. The van der Waals surface area contributed by atoms with Gasteiger partial charge in [0.1, 0.15) is 11.2 Å². The maximum atomic E-state index is 6.72. The first-order chi connectivity index (χ1) is 21.8. The Morgan fingerprint density at radius 3 is 1.73 bits per heavy atom. The van der Waals surface area contributed by atoms with Gasteiger partial charge in [-0.2, -0.15) is 0 Å². The molecule has 0 fully saturated rings. The van der Waals surface area contributed by atoms with Crippen molar-refractivity contribution < 1.29 is 4.42 Å². The lowest BCUT2D eigenvalue weighted by Crippen LogP contribution is -2.01. The van der Waals surface area contributed by atoms with Gasteiger partial charge in [-0.3, -0.25) is 0 Å². The molecule has 44 heavy (non-hydrogen) atoms. The normalized spacial score (nSPS) is 11.6. The third kappa shape index (κ3) is 3.78. The summed E-state index contributed by atoms with van der Waals surface area (Å²) in [6.45, 7) is 0. The summed E-state index contributed by atoms with van der Waals surface area (Å²) in [5.74, 6) is 0.670. The van der Waals surface area contributed by atoms with E-state index in [1.54, 1.807) is 0 Å². The predicted octanol–water partition coefficient (Wildman–Crippen LogP) is 10.5. The predicted molar refractivity (Wildman–Crippen MR) is 180 cm³/mol. The standard InChI is InChI=1S/C40H25N3O/c1-3-13-26(14-4-1)32-25-33(42-40(41-32)27-15-5-2-6-16-27)38-36(24-23-31-30-19-9-12-22-37(30)44-39(31)38)43-34-20-10-7-17-28(34)29-18-8-11-21-35(29)43/h1-25H. The largest absolute Gasteiger partial charge is 0.455 e. The Morgan fingerprint density at radius 1 is 0.455 bits per heavy atom. The summed E-state index contributed by atoms with van der Waals surface area (Å²) in [5, 5.41) is 4.55. The van der Waals surface area contributed by atoms with Crippen molar-refractivity contribution in [2.45, 2.75) is 0 Å². The van der Waals surface area contributed by atoms with Gasteiger partial charge in [0.2, 0.25) is 0 Å². The summed E-state index contributed by atoms with van der Waals surface area (Å²) in [6.07, 6.45) is 0. The van der Waals surface area contributed by atoms with Gasteiger partial charge in [-0.15, -0.1) is 0 Å². The second-order valence-electron chi connectivity index (χ2n) is 11.0. The fourth-order valence-corrected chi connectivity index (χ4v) is 6.44. The van der Waals surface area contributed by atoms with Crippen molar-refractivity contribution in [1.82, 2.24) is 14.5 Å². The molecule has 0 unspecified atom stereocenters. The first-order valence-electron chi connectivity index (χ1n) is 14.8. The summed E-state index contributed by atoms with van der Waals surface area (Å²) in [5.41, 5.74) is 9.51. The number of fused-ring (bicyclic) bond motifs is 6. The van der Waals surface area contributed by atoms with Crippen LogP contribution in [0.1, 0.15) is 0 Å². The molecule has 206 valence electrons. The molecule has 0 saturated carbocycles. The zero-order chi connectivity index (χ0) is 29.0. The van der Waals surface area contributed by atoms with E-state index in [0.29, 0.717) is 5.82 Å². The van der Waals surface area contributed by atoms with E-state index >= 15 is 0 Å². The fourth-order valence-electron chi connectivity index (χ4n) is 6.44. The summed E-state index contributed by atoms with van der Waals surface area (Å²) in [4.78, 5) is 10.3. The van der Waals surface area contributed by atoms with Crippen LogP contribution in [0, 0.1) is 0 Å². The number of hydrogen-bond acceptors (Lipinski definition) is 3. The highest BCUT2D eigenvalue weighted by atomic mass is 16.3. The Morgan fingerprint density at radius 2 is 1.02 bits per heavy atom. The van der Waals surface area contributed by atoms with Crippen LogP contribution in [-0.4, -0.2) is 14.5 Å². The summed E-state index contributed by atoms with van der Waals surface area (Å²) in [7, 11) is 0. The average Bonchev–Trinajstić information content (AvgIpc) is 3.64. The van der Waals surface area contributed by atoms with E-state index in [4.69, 9.17) is 14.4 Å². The van der Waals surface area contributed by atoms with Gasteiger partial charge in [-0.05, 0) is 36.4 Å². The van der Waals surface area contributed by atoms with Gasteiger partial charge in [-0.25, -0.2) is 9.97 Å². The third-order valence-electron chi connectivity index (χ3n) is 8.43. The number of furan rings is 1. The molecule has 0 aliphatic heterocycles. The molecule has 9 rings (SSSR count). The lowest BCUT2D eigenvalue weighted by atomic mass is 10.0. The number of nitrogens with zero attached hydrogens (tertiary/aromatic N) is 3. The molecular weight excluding hydrogens is 538 g/mol. The molecule has 0 amide bonds. The van der Waals surface area contributed by atoms with E-state index in [1.165, 1.54) is 10.8 Å².